The van der Waals surface area contributed by atoms with Crippen LogP contribution in [0.1, 0.15) is 11.6 Å². The van der Waals surface area contributed by atoms with Gasteiger partial charge < -0.3 is 9.64 Å². The van der Waals surface area contributed by atoms with Crippen LogP contribution in [0.2, 0.25) is 10.0 Å². The fourth-order valence-corrected chi connectivity index (χ4v) is 5.32. The van der Waals surface area contributed by atoms with E-state index in [-0.39, 0.29) is 4.90 Å². The molecule has 0 unspecified atom stereocenters. The molecule has 180 valence electrons. The number of piperazine rings is 1. The summed E-state index contributed by atoms with van der Waals surface area (Å²) in [7, 11) is -1.72. The molecule has 0 aromatic heterocycles. The van der Waals surface area contributed by atoms with Crippen LogP contribution < -0.4 is 9.46 Å². The van der Waals surface area contributed by atoms with Crippen molar-refractivity contribution in [3.63, 3.8) is 0 Å². The number of rotatable bonds is 8. The van der Waals surface area contributed by atoms with E-state index in [1.165, 1.54) is 0 Å². The number of halogens is 2. The van der Waals surface area contributed by atoms with Crippen molar-refractivity contribution in [3.8, 4) is 11.5 Å². The molecule has 1 aliphatic rings. The Morgan fingerprint density at radius 2 is 1.53 bits per heavy atom. The molecule has 6 nitrogen and oxygen atoms in total. The van der Waals surface area contributed by atoms with Gasteiger partial charge in [0.1, 0.15) is 11.5 Å². The number of hydrogen-bond donors (Lipinski definition) is 1. The standard InChI is InChI=1S/C25H27Cl2N3O3S/c1-29-13-15-30(16-14-29)18-25(19-7-12-23(26)24(27)17-19)28-34(31,32)22-10-8-21(9-11-22)33-20-5-3-2-4-6-20/h2-12,17,25,28H,13-16,18H2,1H3/t25-/m1/s1. The van der Waals surface area contributed by atoms with Gasteiger partial charge in [-0.1, -0.05) is 47.5 Å². The van der Waals surface area contributed by atoms with E-state index >= 15 is 0 Å². The number of nitrogens with one attached hydrogen (secondary N) is 1. The van der Waals surface area contributed by atoms with Crippen molar-refractivity contribution in [1.29, 1.82) is 0 Å². The Kier molecular flexibility index (Phi) is 8.14. The zero-order valence-corrected chi connectivity index (χ0v) is 21.2. The van der Waals surface area contributed by atoms with Crippen LogP contribution in [-0.2, 0) is 10.0 Å². The van der Waals surface area contributed by atoms with Crippen molar-refractivity contribution in [2.45, 2.75) is 10.9 Å². The monoisotopic (exact) mass is 519 g/mol. The Bertz CT molecular complexity index is 1200. The molecule has 0 saturated carbocycles. The number of likely N-dealkylation sites (N-methyl/N-ethyl adjacent to an activating group) is 1. The Morgan fingerprint density at radius 1 is 0.882 bits per heavy atom. The summed E-state index contributed by atoms with van der Waals surface area (Å²) < 4.78 is 35.2. The molecule has 0 bridgehead atoms. The summed E-state index contributed by atoms with van der Waals surface area (Å²) in [5, 5.41) is 0.824. The Balaban J connectivity index is 1.53. The number of ether oxygens (including phenoxy) is 1. The smallest absolute Gasteiger partial charge is 0.241 e. The second-order valence-electron chi connectivity index (χ2n) is 8.34. The molecule has 34 heavy (non-hydrogen) atoms. The highest BCUT2D eigenvalue weighted by molar-refractivity contribution is 7.89. The van der Waals surface area contributed by atoms with E-state index in [0.717, 1.165) is 31.7 Å². The van der Waals surface area contributed by atoms with Crippen molar-refractivity contribution < 1.29 is 13.2 Å². The lowest BCUT2D eigenvalue weighted by atomic mass is 10.1. The molecule has 1 N–H and O–H groups in total. The van der Waals surface area contributed by atoms with Crippen LogP contribution in [0.5, 0.6) is 11.5 Å². The Labute approximate surface area is 211 Å². The summed E-state index contributed by atoms with van der Waals surface area (Å²) in [5.41, 5.74) is 0.765. The number of benzene rings is 3. The topological polar surface area (TPSA) is 61.9 Å². The van der Waals surface area contributed by atoms with Crippen molar-refractivity contribution in [1.82, 2.24) is 14.5 Å². The lowest BCUT2D eigenvalue weighted by Gasteiger charge is -2.35. The molecule has 3 aromatic carbocycles. The number of nitrogens with zero attached hydrogens (tertiary/aromatic N) is 2. The summed E-state index contributed by atoms with van der Waals surface area (Å²) in [6, 6.07) is 20.5. The molecular weight excluding hydrogens is 493 g/mol. The molecule has 1 aliphatic heterocycles. The molecule has 0 amide bonds. The maximum Gasteiger partial charge on any atom is 0.241 e. The van der Waals surface area contributed by atoms with E-state index in [1.54, 1.807) is 36.4 Å². The van der Waals surface area contributed by atoms with Gasteiger partial charge in [-0.15, -0.1) is 0 Å². The van der Waals surface area contributed by atoms with E-state index in [1.807, 2.05) is 36.4 Å². The van der Waals surface area contributed by atoms with Crippen molar-refractivity contribution in [2.24, 2.45) is 0 Å². The van der Waals surface area contributed by atoms with Crippen molar-refractivity contribution >= 4 is 33.2 Å². The minimum Gasteiger partial charge on any atom is -0.457 e. The SMILES string of the molecule is CN1CCN(C[C@@H](NS(=O)(=O)c2ccc(Oc3ccccc3)cc2)c2ccc(Cl)c(Cl)c2)CC1. The third-order valence-corrected chi connectivity index (χ3v) is 8.02. The van der Waals surface area contributed by atoms with Gasteiger partial charge in [0.2, 0.25) is 10.0 Å². The molecule has 9 heteroatoms. The van der Waals surface area contributed by atoms with E-state index in [0.29, 0.717) is 28.1 Å². The highest BCUT2D eigenvalue weighted by Gasteiger charge is 2.25. The van der Waals surface area contributed by atoms with E-state index in [9.17, 15) is 8.42 Å². The first-order chi connectivity index (χ1) is 16.3. The summed E-state index contributed by atoms with van der Waals surface area (Å²) in [6.07, 6.45) is 0. The normalized spacial score (nSPS) is 16.3. The maximum absolute atomic E-state index is 13.3. The van der Waals surface area contributed by atoms with Crippen LogP contribution in [0.3, 0.4) is 0 Å². The molecule has 1 saturated heterocycles. The molecule has 0 spiro atoms. The Hall–Kier alpha value is -2.13. The van der Waals surface area contributed by atoms with Gasteiger partial charge in [0, 0.05) is 32.7 Å². The first-order valence-electron chi connectivity index (χ1n) is 11.0. The summed E-state index contributed by atoms with van der Waals surface area (Å²) >= 11 is 12.3. The molecular formula is C25H27Cl2N3O3S. The van der Waals surface area contributed by atoms with Crippen LogP contribution in [0, 0.1) is 0 Å². The minimum absolute atomic E-state index is 0.163. The predicted molar refractivity (Wildman–Crippen MR) is 136 cm³/mol. The minimum atomic E-state index is -3.80. The molecule has 3 aromatic rings. The molecule has 0 radical (unpaired) electrons. The van der Waals surface area contributed by atoms with Crippen LogP contribution in [0.4, 0.5) is 0 Å². The molecule has 1 fully saturated rings. The van der Waals surface area contributed by atoms with Gasteiger partial charge in [0.05, 0.1) is 21.0 Å². The highest BCUT2D eigenvalue weighted by Crippen LogP contribution is 2.28. The number of sulfonamides is 1. The summed E-state index contributed by atoms with van der Waals surface area (Å²) in [5.74, 6) is 1.24. The lowest BCUT2D eigenvalue weighted by Crippen LogP contribution is -2.47. The average molecular weight is 520 g/mol. The summed E-state index contributed by atoms with van der Waals surface area (Å²) in [6.45, 7) is 4.12. The Morgan fingerprint density at radius 3 is 2.18 bits per heavy atom. The van der Waals surface area contributed by atoms with Gasteiger partial charge in [-0.3, -0.25) is 4.90 Å². The van der Waals surface area contributed by atoms with Crippen LogP contribution in [-0.4, -0.2) is 58.0 Å². The lowest BCUT2D eigenvalue weighted by molar-refractivity contribution is 0.145. The van der Waals surface area contributed by atoms with Gasteiger partial charge in [-0.05, 0) is 61.1 Å². The first kappa shape index (κ1) is 25.0. The van der Waals surface area contributed by atoms with Crippen molar-refractivity contribution in [3.05, 3.63) is 88.4 Å². The van der Waals surface area contributed by atoms with Crippen LogP contribution in [0.25, 0.3) is 0 Å². The van der Waals surface area contributed by atoms with Crippen LogP contribution in [0.15, 0.2) is 77.7 Å². The van der Waals surface area contributed by atoms with Gasteiger partial charge in [-0.25, -0.2) is 13.1 Å². The van der Waals surface area contributed by atoms with E-state index in [2.05, 4.69) is 21.6 Å². The van der Waals surface area contributed by atoms with Gasteiger partial charge >= 0.3 is 0 Å². The van der Waals surface area contributed by atoms with Crippen LogP contribution >= 0.6 is 23.2 Å². The van der Waals surface area contributed by atoms with Gasteiger partial charge in [-0.2, -0.15) is 0 Å². The third-order valence-electron chi connectivity index (χ3n) is 5.79. The zero-order chi connectivity index (χ0) is 24.1. The number of hydrogen-bond acceptors (Lipinski definition) is 5. The van der Waals surface area contributed by atoms with Gasteiger partial charge in [0.25, 0.3) is 0 Å². The predicted octanol–water partition coefficient (Wildman–Crippen LogP) is 5.05. The third kappa shape index (κ3) is 6.50. The molecule has 0 aliphatic carbocycles. The maximum atomic E-state index is 13.3. The molecule has 4 rings (SSSR count). The molecule has 1 heterocycles. The fourth-order valence-electron chi connectivity index (χ4n) is 3.80. The fraction of sp³-hybridized carbons (Fsp3) is 0.280. The van der Waals surface area contributed by atoms with Crippen molar-refractivity contribution in [2.75, 3.05) is 39.8 Å². The van der Waals surface area contributed by atoms with Gasteiger partial charge in [0.15, 0.2) is 0 Å². The second kappa shape index (κ2) is 11.1. The first-order valence-corrected chi connectivity index (χ1v) is 13.3. The molecule has 1 atom stereocenters. The summed E-state index contributed by atoms with van der Waals surface area (Å²) in [4.78, 5) is 4.68. The van der Waals surface area contributed by atoms with E-state index in [4.69, 9.17) is 27.9 Å². The zero-order valence-electron chi connectivity index (χ0n) is 18.8. The number of para-hydroxylation sites is 1. The quantitative estimate of drug-likeness (QED) is 0.451. The van der Waals surface area contributed by atoms with E-state index < -0.39 is 16.1 Å². The highest BCUT2D eigenvalue weighted by atomic mass is 35.5. The largest absolute Gasteiger partial charge is 0.457 e. The second-order valence-corrected chi connectivity index (χ2v) is 10.9. The average Bonchev–Trinajstić information content (AvgIpc) is 2.83.